The molecule has 2 aromatic carbocycles. The summed E-state index contributed by atoms with van der Waals surface area (Å²) in [5.41, 5.74) is 1.04. The Labute approximate surface area is 169 Å². The standard InChI is InChI=1S/C22H24FNO3S/c1-2-3-13-27-22(26)19-15-28-20(14-16-9-5-4-6-10-16)24(19)21(25)17-11-7-8-12-18(17)23/h4-12,19-20H,2-3,13-15H2,1H3. The zero-order chi connectivity index (χ0) is 19.9. The second-order valence-corrected chi connectivity index (χ2v) is 7.92. The monoisotopic (exact) mass is 401 g/mol. The highest BCUT2D eigenvalue weighted by Gasteiger charge is 2.43. The largest absolute Gasteiger partial charge is 0.464 e. The molecular weight excluding hydrogens is 377 g/mol. The molecule has 0 saturated carbocycles. The maximum Gasteiger partial charge on any atom is 0.329 e. The van der Waals surface area contributed by atoms with Gasteiger partial charge in [0.2, 0.25) is 0 Å². The van der Waals surface area contributed by atoms with E-state index in [0.717, 1.165) is 18.4 Å². The molecule has 1 aliphatic heterocycles. The Morgan fingerprint density at radius 3 is 2.57 bits per heavy atom. The number of rotatable bonds is 7. The van der Waals surface area contributed by atoms with E-state index in [2.05, 4.69) is 0 Å². The number of benzene rings is 2. The van der Waals surface area contributed by atoms with E-state index in [-0.39, 0.29) is 10.9 Å². The van der Waals surface area contributed by atoms with E-state index in [9.17, 15) is 14.0 Å². The van der Waals surface area contributed by atoms with Crippen molar-refractivity contribution in [3.8, 4) is 0 Å². The molecule has 0 radical (unpaired) electrons. The molecule has 0 bridgehead atoms. The van der Waals surface area contributed by atoms with E-state index in [0.29, 0.717) is 18.8 Å². The zero-order valence-electron chi connectivity index (χ0n) is 15.8. The minimum absolute atomic E-state index is 0.0191. The number of hydrogen-bond donors (Lipinski definition) is 0. The number of esters is 1. The SMILES string of the molecule is CCCCOC(=O)C1CSC(Cc2ccccc2)N1C(=O)c1ccccc1F. The number of unbranched alkanes of at least 4 members (excludes halogenated alkanes) is 1. The number of nitrogens with zero attached hydrogens (tertiary/aromatic N) is 1. The highest BCUT2D eigenvalue weighted by molar-refractivity contribution is 8.00. The van der Waals surface area contributed by atoms with Gasteiger partial charge < -0.3 is 9.64 Å². The third kappa shape index (κ3) is 4.73. The van der Waals surface area contributed by atoms with Crippen molar-refractivity contribution >= 4 is 23.6 Å². The number of ether oxygens (including phenoxy) is 1. The first kappa shape index (κ1) is 20.4. The van der Waals surface area contributed by atoms with Crippen LogP contribution in [-0.2, 0) is 16.0 Å². The molecule has 3 rings (SSSR count). The summed E-state index contributed by atoms with van der Waals surface area (Å²) >= 11 is 1.53. The fourth-order valence-corrected chi connectivity index (χ4v) is 4.59. The van der Waals surface area contributed by atoms with Gasteiger partial charge in [-0.3, -0.25) is 4.79 Å². The molecule has 0 spiro atoms. The molecule has 1 aliphatic rings. The van der Waals surface area contributed by atoms with Gasteiger partial charge in [0, 0.05) is 12.2 Å². The average molecular weight is 402 g/mol. The molecule has 2 aromatic rings. The lowest BCUT2D eigenvalue weighted by Crippen LogP contribution is -2.47. The molecule has 28 heavy (non-hydrogen) atoms. The molecule has 2 unspecified atom stereocenters. The van der Waals surface area contributed by atoms with Crippen molar-refractivity contribution in [3.05, 3.63) is 71.5 Å². The Kier molecular flexibility index (Phi) is 7.09. The fourth-order valence-electron chi connectivity index (χ4n) is 3.18. The summed E-state index contributed by atoms with van der Waals surface area (Å²) in [6.07, 6.45) is 2.28. The van der Waals surface area contributed by atoms with Gasteiger partial charge in [-0.25, -0.2) is 9.18 Å². The van der Waals surface area contributed by atoms with Gasteiger partial charge in [-0.05, 0) is 24.1 Å². The van der Waals surface area contributed by atoms with E-state index in [1.807, 2.05) is 37.3 Å². The summed E-state index contributed by atoms with van der Waals surface area (Å²) in [7, 11) is 0. The number of hydrogen-bond acceptors (Lipinski definition) is 4. The maximum absolute atomic E-state index is 14.3. The number of thioether (sulfide) groups is 1. The van der Waals surface area contributed by atoms with Crippen LogP contribution in [0.4, 0.5) is 4.39 Å². The zero-order valence-corrected chi connectivity index (χ0v) is 16.7. The Balaban J connectivity index is 1.84. The van der Waals surface area contributed by atoms with Crippen molar-refractivity contribution in [1.29, 1.82) is 0 Å². The molecule has 2 atom stereocenters. The van der Waals surface area contributed by atoms with Crippen LogP contribution in [0.25, 0.3) is 0 Å². The van der Waals surface area contributed by atoms with Crippen LogP contribution in [-0.4, -0.2) is 40.6 Å². The van der Waals surface area contributed by atoms with Crippen LogP contribution >= 0.6 is 11.8 Å². The number of amides is 1. The first-order chi connectivity index (χ1) is 13.6. The molecule has 1 saturated heterocycles. The van der Waals surface area contributed by atoms with Crippen molar-refractivity contribution in [2.45, 2.75) is 37.6 Å². The summed E-state index contributed by atoms with van der Waals surface area (Å²) in [5.74, 6) is -1.02. The van der Waals surface area contributed by atoms with Gasteiger partial charge in [0.15, 0.2) is 0 Å². The normalized spacial score (nSPS) is 18.9. The first-order valence-corrected chi connectivity index (χ1v) is 10.6. The van der Waals surface area contributed by atoms with Crippen LogP contribution in [0, 0.1) is 5.82 Å². The second-order valence-electron chi connectivity index (χ2n) is 6.71. The van der Waals surface area contributed by atoms with Gasteiger partial charge in [-0.15, -0.1) is 11.8 Å². The fraction of sp³-hybridized carbons (Fsp3) is 0.364. The average Bonchev–Trinajstić information content (AvgIpc) is 3.12. The van der Waals surface area contributed by atoms with Crippen LogP contribution in [0.5, 0.6) is 0 Å². The topological polar surface area (TPSA) is 46.6 Å². The van der Waals surface area contributed by atoms with Gasteiger partial charge in [-0.1, -0.05) is 55.8 Å². The predicted molar refractivity (Wildman–Crippen MR) is 109 cm³/mol. The van der Waals surface area contributed by atoms with Crippen molar-refractivity contribution in [3.63, 3.8) is 0 Å². The van der Waals surface area contributed by atoms with Gasteiger partial charge in [0.25, 0.3) is 5.91 Å². The predicted octanol–water partition coefficient (Wildman–Crippen LogP) is 4.30. The second kappa shape index (κ2) is 9.73. The summed E-state index contributed by atoms with van der Waals surface area (Å²) in [5, 5.41) is -0.252. The van der Waals surface area contributed by atoms with Crippen molar-refractivity contribution in [2.24, 2.45) is 0 Å². The number of carbonyl (C=O) groups excluding carboxylic acids is 2. The van der Waals surface area contributed by atoms with Gasteiger partial charge in [-0.2, -0.15) is 0 Å². The molecule has 0 aliphatic carbocycles. The van der Waals surface area contributed by atoms with Crippen LogP contribution < -0.4 is 0 Å². The van der Waals surface area contributed by atoms with Gasteiger partial charge >= 0.3 is 5.97 Å². The molecule has 6 heteroatoms. The van der Waals surface area contributed by atoms with E-state index in [1.165, 1.54) is 28.8 Å². The summed E-state index contributed by atoms with van der Waals surface area (Å²) in [6, 6.07) is 15.0. The van der Waals surface area contributed by atoms with Crippen molar-refractivity contribution in [2.75, 3.05) is 12.4 Å². The molecule has 4 nitrogen and oxygen atoms in total. The Morgan fingerprint density at radius 2 is 1.86 bits per heavy atom. The highest BCUT2D eigenvalue weighted by atomic mass is 32.2. The van der Waals surface area contributed by atoms with Crippen LogP contribution in [0.1, 0.15) is 35.7 Å². The van der Waals surface area contributed by atoms with E-state index >= 15 is 0 Å². The molecule has 1 amide bonds. The van der Waals surface area contributed by atoms with E-state index in [1.54, 1.807) is 12.1 Å². The summed E-state index contributed by atoms with van der Waals surface area (Å²) < 4.78 is 19.6. The smallest absolute Gasteiger partial charge is 0.329 e. The minimum Gasteiger partial charge on any atom is -0.464 e. The van der Waals surface area contributed by atoms with Crippen molar-refractivity contribution < 1.29 is 18.7 Å². The quantitative estimate of drug-likeness (QED) is 0.513. The lowest BCUT2D eigenvalue weighted by molar-refractivity contribution is -0.148. The lowest BCUT2D eigenvalue weighted by Gasteiger charge is -2.28. The molecule has 148 valence electrons. The summed E-state index contributed by atoms with van der Waals surface area (Å²) in [4.78, 5) is 27.3. The third-order valence-electron chi connectivity index (χ3n) is 4.70. The molecule has 0 aromatic heterocycles. The highest BCUT2D eigenvalue weighted by Crippen LogP contribution is 2.34. The maximum atomic E-state index is 14.3. The van der Waals surface area contributed by atoms with E-state index in [4.69, 9.17) is 4.74 Å². The number of carbonyl (C=O) groups is 2. The Bertz CT molecular complexity index is 814. The first-order valence-electron chi connectivity index (χ1n) is 9.51. The van der Waals surface area contributed by atoms with E-state index < -0.39 is 23.7 Å². The molecule has 0 N–H and O–H groups in total. The van der Waals surface area contributed by atoms with Crippen LogP contribution in [0.2, 0.25) is 0 Å². The Morgan fingerprint density at radius 1 is 1.14 bits per heavy atom. The van der Waals surface area contributed by atoms with Gasteiger partial charge in [0.1, 0.15) is 11.9 Å². The van der Waals surface area contributed by atoms with Crippen LogP contribution in [0.15, 0.2) is 54.6 Å². The lowest BCUT2D eigenvalue weighted by atomic mass is 10.1. The molecule has 1 fully saturated rings. The van der Waals surface area contributed by atoms with Gasteiger partial charge in [0.05, 0.1) is 17.5 Å². The summed E-state index contributed by atoms with van der Waals surface area (Å²) in [6.45, 7) is 2.35. The minimum atomic E-state index is -0.706. The molecule has 1 heterocycles. The van der Waals surface area contributed by atoms with Crippen LogP contribution in [0.3, 0.4) is 0 Å². The molecular formula is C22H24FNO3S. The third-order valence-corrected chi connectivity index (χ3v) is 5.99. The Hall–Kier alpha value is -2.34. The number of halogens is 1. The van der Waals surface area contributed by atoms with Crippen molar-refractivity contribution in [1.82, 2.24) is 4.90 Å².